The Bertz CT molecular complexity index is 1990. The summed E-state index contributed by atoms with van der Waals surface area (Å²) in [7, 11) is 1.56. The summed E-state index contributed by atoms with van der Waals surface area (Å²) in [5, 5.41) is 0.616. The number of fused-ring (bicyclic) bond motifs is 1. The summed E-state index contributed by atoms with van der Waals surface area (Å²) in [6.45, 7) is 10.2. The quantitative estimate of drug-likeness (QED) is 0.134. The Morgan fingerprint density at radius 3 is 2.52 bits per heavy atom. The van der Waals surface area contributed by atoms with Gasteiger partial charge in [-0.3, -0.25) is 9.36 Å². The lowest BCUT2D eigenvalue weighted by molar-refractivity contribution is -0.139. The highest BCUT2D eigenvalue weighted by Crippen LogP contribution is 2.37. The largest absolute Gasteiger partial charge is 0.496 e. The van der Waals surface area contributed by atoms with Crippen LogP contribution in [0, 0.1) is 0 Å². The summed E-state index contributed by atoms with van der Waals surface area (Å²) in [5.41, 5.74) is 3.57. The first-order valence-electron chi connectivity index (χ1n) is 14.9. The number of methoxy groups -OCH3 is 1. The van der Waals surface area contributed by atoms with Crippen molar-refractivity contribution in [2.45, 2.75) is 39.8 Å². The molecule has 1 aliphatic heterocycles. The number of benzene rings is 3. The van der Waals surface area contributed by atoms with E-state index in [0.29, 0.717) is 55.9 Å². The van der Waals surface area contributed by atoms with E-state index < -0.39 is 12.0 Å². The maximum absolute atomic E-state index is 14.2. The molecule has 2 heterocycles. The van der Waals surface area contributed by atoms with Crippen LogP contribution in [-0.4, -0.2) is 30.9 Å². The standard InChI is InChI=1S/C36H35ClN2O6S/c1-6-13-24-18-23(19-29(43-7-2)33(24)45-21-25-14-9-11-16-27(25)37)20-30-34(40)39-32(26-15-10-12-17-28(26)42-5)31(35(41)44-8-3)22(4)38-36(39)46-30/h6,9-12,14-20,32H,1,7-8,13,21H2,2-5H3/b30-20+/t32-/m1/s1. The molecule has 0 bridgehead atoms. The van der Waals surface area contributed by atoms with Gasteiger partial charge in [0.05, 0.1) is 36.1 Å². The van der Waals surface area contributed by atoms with Crippen molar-refractivity contribution in [3.05, 3.63) is 132 Å². The fourth-order valence-electron chi connectivity index (χ4n) is 5.40. The second-order valence-corrected chi connectivity index (χ2v) is 11.8. The van der Waals surface area contributed by atoms with E-state index in [1.54, 1.807) is 43.7 Å². The Morgan fingerprint density at radius 1 is 1.04 bits per heavy atom. The number of thiazole rings is 1. The number of para-hydroxylation sites is 1. The molecule has 0 radical (unpaired) electrons. The topological polar surface area (TPSA) is 88.4 Å². The van der Waals surface area contributed by atoms with Crippen LogP contribution in [0.1, 0.15) is 49.1 Å². The van der Waals surface area contributed by atoms with Crippen LogP contribution in [0.4, 0.5) is 0 Å². The average molecular weight is 659 g/mol. The lowest BCUT2D eigenvalue weighted by Gasteiger charge is -2.25. The number of esters is 1. The van der Waals surface area contributed by atoms with Gasteiger partial charge in [0.15, 0.2) is 16.3 Å². The van der Waals surface area contributed by atoms with Crippen molar-refractivity contribution in [2.75, 3.05) is 20.3 Å². The zero-order chi connectivity index (χ0) is 32.8. The molecule has 1 aromatic heterocycles. The van der Waals surface area contributed by atoms with E-state index >= 15 is 0 Å². The lowest BCUT2D eigenvalue weighted by Crippen LogP contribution is -2.40. The van der Waals surface area contributed by atoms with Gasteiger partial charge in [-0.25, -0.2) is 9.79 Å². The van der Waals surface area contributed by atoms with Crippen molar-refractivity contribution >= 4 is 35.0 Å². The molecule has 0 fully saturated rings. The van der Waals surface area contributed by atoms with Gasteiger partial charge in [-0.2, -0.15) is 0 Å². The number of carbonyl (C=O) groups excluding carboxylic acids is 1. The SMILES string of the molecule is C=CCc1cc(/C=c2/sc3n(c2=O)[C@H](c2ccccc2OC)C(C(=O)OCC)=C(C)N=3)cc(OCC)c1OCc1ccccc1Cl. The number of aromatic nitrogens is 1. The third kappa shape index (κ3) is 6.66. The van der Waals surface area contributed by atoms with Crippen molar-refractivity contribution in [2.24, 2.45) is 4.99 Å². The number of rotatable bonds is 12. The number of allylic oxidation sites excluding steroid dienone is 2. The van der Waals surface area contributed by atoms with E-state index in [0.717, 1.165) is 16.7 Å². The molecule has 5 rings (SSSR count). The molecule has 238 valence electrons. The van der Waals surface area contributed by atoms with Crippen molar-refractivity contribution in [3.8, 4) is 17.2 Å². The molecule has 46 heavy (non-hydrogen) atoms. The highest BCUT2D eigenvalue weighted by atomic mass is 35.5. The first-order valence-corrected chi connectivity index (χ1v) is 16.1. The Hall–Kier alpha value is -4.60. The van der Waals surface area contributed by atoms with E-state index in [1.165, 1.54) is 11.3 Å². The predicted octanol–water partition coefficient (Wildman–Crippen LogP) is 6.17. The van der Waals surface area contributed by atoms with Gasteiger partial charge < -0.3 is 18.9 Å². The molecular weight excluding hydrogens is 624 g/mol. The number of ether oxygens (including phenoxy) is 4. The minimum atomic E-state index is -0.788. The summed E-state index contributed by atoms with van der Waals surface area (Å²) < 4.78 is 25.4. The van der Waals surface area contributed by atoms with E-state index in [4.69, 9.17) is 30.5 Å². The zero-order valence-electron chi connectivity index (χ0n) is 26.2. The van der Waals surface area contributed by atoms with Crippen molar-refractivity contribution < 1.29 is 23.7 Å². The Kier molecular flexibility index (Phi) is 10.4. The van der Waals surface area contributed by atoms with Crippen LogP contribution in [0.25, 0.3) is 6.08 Å². The fraction of sp³-hybridized carbons (Fsp3) is 0.250. The monoisotopic (exact) mass is 658 g/mol. The maximum Gasteiger partial charge on any atom is 0.338 e. The van der Waals surface area contributed by atoms with Crippen LogP contribution < -0.4 is 29.1 Å². The highest BCUT2D eigenvalue weighted by Gasteiger charge is 2.35. The van der Waals surface area contributed by atoms with Gasteiger partial charge in [0.2, 0.25) is 0 Å². The number of halogens is 1. The molecule has 0 unspecified atom stereocenters. The average Bonchev–Trinajstić information content (AvgIpc) is 3.34. The molecule has 1 atom stereocenters. The summed E-state index contributed by atoms with van der Waals surface area (Å²) in [6.07, 6.45) is 4.11. The highest BCUT2D eigenvalue weighted by molar-refractivity contribution is 7.07. The van der Waals surface area contributed by atoms with E-state index in [-0.39, 0.29) is 24.3 Å². The zero-order valence-corrected chi connectivity index (χ0v) is 27.7. The molecule has 0 spiro atoms. The third-order valence-corrected chi connectivity index (χ3v) is 8.75. The Labute approximate surface area is 276 Å². The van der Waals surface area contributed by atoms with Gasteiger partial charge >= 0.3 is 5.97 Å². The van der Waals surface area contributed by atoms with Crippen LogP contribution in [0.2, 0.25) is 5.02 Å². The Morgan fingerprint density at radius 2 is 1.80 bits per heavy atom. The normalized spacial score (nSPS) is 14.4. The van der Waals surface area contributed by atoms with Gasteiger partial charge in [-0.1, -0.05) is 65.4 Å². The third-order valence-electron chi connectivity index (χ3n) is 7.40. The first-order chi connectivity index (χ1) is 22.3. The molecule has 1 aliphatic rings. The number of carbonyl (C=O) groups is 1. The molecule has 0 aliphatic carbocycles. The number of hydrogen-bond acceptors (Lipinski definition) is 8. The lowest BCUT2D eigenvalue weighted by atomic mass is 9.95. The fourth-order valence-corrected chi connectivity index (χ4v) is 6.63. The molecule has 0 saturated carbocycles. The van der Waals surface area contributed by atoms with Crippen LogP contribution in [0.3, 0.4) is 0 Å². The first kappa shape index (κ1) is 32.8. The minimum absolute atomic E-state index is 0.186. The predicted molar refractivity (Wildman–Crippen MR) is 181 cm³/mol. The van der Waals surface area contributed by atoms with Crippen molar-refractivity contribution in [1.82, 2.24) is 4.57 Å². The molecule has 4 aromatic rings. The van der Waals surface area contributed by atoms with Gasteiger partial charge in [-0.15, -0.1) is 6.58 Å². The second kappa shape index (κ2) is 14.7. The van der Waals surface area contributed by atoms with Crippen LogP contribution in [0.5, 0.6) is 17.2 Å². The van der Waals surface area contributed by atoms with E-state index in [9.17, 15) is 9.59 Å². The molecule has 0 saturated heterocycles. The minimum Gasteiger partial charge on any atom is -0.496 e. The summed E-state index contributed by atoms with van der Waals surface area (Å²) in [5.74, 6) is 1.14. The van der Waals surface area contributed by atoms with E-state index in [1.807, 2.05) is 61.5 Å². The van der Waals surface area contributed by atoms with Crippen molar-refractivity contribution in [1.29, 1.82) is 0 Å². The molecule has 3 aromatic carbocycles. The van der Waals surface area contributed by atoms with Crippen LogP contribution in [0.15, 0.2) is 94.4 Å². The van der Waals surface area contributed by atoms with Crippen molar-refractivity contribution in [3.63, 3.8) is 0 Å². The van der Waals surface area contributed by atoms with Crippen LogP contribution in [-0.2, 0) is 22.6 Å². The summed E-state index contributed by atoms with van der Waals surface area (Å²) in [4.78, 5) is 32.6. The molecule has 10 heteroatoms. The molecule has 8 nitrogen and oxygen atoms in total. The van der Waals surface area contributed by atoms with E-state index in [2.05, 4.69) is 11.6 Å². The number of hydrogen-bond donors (Lipinski definition) is 0. The number of nitrogens with zero attached hydrogens (tertiary/aromatic N) is 2. The van der Waals surface area contributed by atoms with Gasteiger partial charge in [0, 0.05) is 21.7 Å². The summed E-state index contributed by atoms with van der Waals surface area (Å²) >= 11 is 7.62. The maximum atomic E-state index is 14.2. The second-order valence-electron chi connectivity index (χ2n) is 10.4. The summed E-state index contributed by atoms with van der Waals surface area (Å²) in [6, 6.07) is 17.9. The molecule has 0 amide bonds. The van der Waals surface area contributed by atoms with Crippen LogP contribution >= 0.6 is 22.9 Å². The van der Waals surface area contributed by atoms with Gasteiger partial charge in [0.25, 0.3) is 5.56 Å². The smallest absolute Gasteiger partial charge is 0.338 e. The van der Waals surface area contributed by atoms with Gasteiger partial charge in [0.1, 0.15) is 18.4 Å². The van der Waals surface area contributed by atoms with Gasteiger partial charge in [-0.05, 0) is 63.1 Å². The molecular formula is C36H35ClN2O6S. The molecule has 0 N–H and O–H groups in total. The Balaban J connectivity index is 1.65.